The van der Waals surface area contributed by atoms with Crippen LogP contribution in [0.25, 0.3) is 6.08 Å². The Morgan fingerprint density at radius 1 is 1.35 bits per heavy atom. The fraction of sp³-hybridized carbons (Fsp3) is 0.333. The number of carbonyl (C=O) groups excluding carboxylic acids is 2. The monoisotopic (exact) mass is 331 g/mol. The van der Waals surface area contributed by atoms with Crippen LogP contribution in [-0.2, 0) is 9.53 Å². The minimum absolute atomic E-state index is 0.178. The first-order chi connectivity index (χ1) is 10.9. The predicted octanol–water partition coefficient (Wildman–Crippen LogP) is 4.19. The highest BCUT2D eigenvalue weighted by Crippen LogP contribution is 2.20. The van der Waals surface area contributed by atoms with Crippen molar-refractivity contribution in [1.29, 1.82) is 0 Å². The van der Waals surface area contributed by atoms with Gasteiger partial charge in [-0.2, -0.15) is 11.3 Å². The van der Waals surface area contributed by atoms with E-state index < -0.39 is 5.97 Å². The van der Waals surface area contributed by atoms with Crippen LogP contribution in [0, 0.1) is 13.8 Å². The molecule has 2 rings (SSSR count). The Hall–Kier alpha value is -2.14. The molecule has 0 aliphatic carbocycles. The van der Waals surface area contributed by atoms with Crippen molar-refractivity contribution < 1.29 is 14.3 Å². The van der Waals surface area contributed by atoms with Crippen LogP contribution in [0.1, 0.15) is 47.2 Å². The fourth-order valence-electron chi connectivity index (χ4n) is 2.65. The van der Waals surface area contributed by atoms with Crippen LogP contribution < -0.4 is 0 Å². The number of ketones is 1. The molecule has 2 aromatic heterocycles. The van der Waals surface area contributed by atoms with Gasteiger partial charge in [0.1, 0.15) is 0 Å². The molecule has 0 amide bonds. The van der Waals surface area contributed by atoms with Crippen LogP contribution in [-0.4, -0.2) is 22.9 Å². The Morgan fingerprint density at radius 3 is 2.65 bits per heavy atom. The van der Waals surface area contributed by atoms with E-state index in [2.05, 4.69) is 18.4 Å². The van der Waals surface area contributed by atoms with Gasteiger partial charge >= 0.3 is 5.97 Å². The number of rotatable bonds is 6. The lowest BCUT2D eigenvalue weighted by Crippen LogP contribution is -2.14. The highest BCUT2D eigenvalue weighted by atomic mass is 32.1. The summed E-state index contributed by atoms with van der Waals surface area (Å²) >= 11 is 1.55. The van der Waals surface area contributed by atoms with E-state index >= 15 is 0 Å². The van der Waals surface area contributed by atoms with Gasteiger partial charge in [0.05, 0.1) is 0 Å². The van der Waals surface area contributed by atoms with Crippen LogP contribution in [0.2, 0.25) is 0 Å². The van der Waals surface area contributed by atoms with Crippen molar-refractivity contribution >= 4 is 29.2 Å². The van der Waals surface area contributed by atoms with Crippen molar-refractivity contribution in [2.24, 2.45) is 0 Å². The average Bonchev–Trinajstić information content (AvgIpc) is 3.10. The molecule has 0 saturated carbocycles. The van der Waals surface area contributed by atoms with Crippen molar-refractivity contribution in [3.63, 3.8) is 0 Å². The van der Waals surface area contributed by atoms with Crippen molar-refractivity contribution in [1.82, 2.24) is 4.57 Å². The molecular weight excluding hydrogens is 310 g/mol. The molecule has 0 saturated heterocycles. The Balaban J connectivity index is 1.97. The lowest BCUT2D eigenvalue weighted by atomic mass is 10.1. The Kier molecular flexibility index (Phi) is 5.55. The van der Waals surface area contributed by atoms with E-state index in [0.717, 1.165) is 17.0 Å². The summed E-state index contributed by atoms with van der Waals surface area (Å²) in [5.41, 5.74) is 3.50. The summed E-state index contributed by atoms with van der Waals surface area (Å²) in [4.78, 5) is 24.0. The Labute approximate surface area is 140 Å². The van der Waals surface area contributed by atoms with Gasteiger partial charge in [-0.15, -0.1) is 0 Å². The summed E-state index contributed by atoms with van der Waals surface area (Å²) in [5, 5.41) is 3.86. The molecule has 0 bridgehead atoms. The normalized spacial score (nSPS) is 11.3. The number of hydrogen-bond acceptors (Lipinski definition) is 4. The molecule has 2 aromatic rings. The van der Waals surface area contributed by atoms with E-state index in [1.54, 1.807) is 17.4 Å². The van der Waals surface area contributed by atoms with Crippen molar-refractivity contribution in [3.05, 3.63) is 51.5 Å². The molecule has 4 nitrogen and oxygen atoms in total. The van der Waals surface area contributed by atoms with Crippen molar-refractivity contribution in [2.45, 2.75) is 33.7 Å². The molecule has 0 atom stereocenters. The van der Waals surface area contributed by atoms with Gasteiger partial charge in [-0.25, -0.2) is 4.79 Å². The summed E-state index contributed by atoms with van der Waals surface area (Å²) in [6.07, 6.45) is 3.01. The molecule has 23 heavy (non-hydrogen) atoms. The molecule has 0 spiro atoms. The van der Waals surface area contributed by atoms with E-state index in [0.29, 0.717) is 5.56 Å². The first kappa shape index (κ1) is 17.2. The van der Waals surface area contributed by atoms with E-state index in [-0.39, 0.29) is 18.4 Å². The molecule has 0 unspecified atom stereocenters. The van der Waals surface area contributed by atoms with E-state index in [1.165, 1.54) is 6.08 Å². The summed E-state index contributed by atoms with van der Waals surface area (Å²) < 4.78 is 7.14. The second-order valence-corrected chi connectivity index (χ2v) is 6.45. The zero-order valence-corrected chi connectivity index (χ0v) is 14.6. The summed E-state index contributed by atoms with van der Waals surface area (Å²) in [5.74, 6) is -0.690. The molecule has 0 fully saturated rings. The van der Waals surface area contributed by atoms with E-state index in [1.807, 2.05) is 36.7 Å². The summed E-state index contributed by atoms with van der Waals surface area (Å²) in [6.45, 7) is 7.79. The molecule has 0 aliphatic heterocycles. The smallest absolute Gasteiger partial charge is 0.331 e. The lowest BCUT2D eigenvalue weighted by molar-refractivity contribution is -0.136. The number of Topliss-reactive ketones (excluding diaryl/α,β-unsaturated/α-hetero) is 1. The molecule has 2 heterocycles. The summed E-state index contributed by atoms with van der Waals surface area (Å²) in [6, 6.07) is 4.04. The minimum Gasteiger partial charge on any atom is -0.454 e. The van der Waals surface area contributed by atoms with Crippen LogP contribution in [0.4, 0.5) is 0 Å². The second kappa shape index (κ2) is 7.42. The maximum absolute atomic E-state index is 12.3. The maximum Gasteiger partial charge on any atom is 0.331 e. The number of ether oxygens (including phenoxy) is 1. The quantitative estimate of drug-likeness (QED) is 0.453. The number of carbonyl (C=O) groups is 2. The molecule has 0 aliphatic rings. The predicted molar refractivity (Wildman–Crippen MR) is 92.9 cm³/mol. The SMILES string of the molecule is Cc1cc(C(=O)COC(=O)/C=C/c2ccsc2)c(C)n1C(C)C. The zero-order valence-electron chi connectivity index (χ0n) is 13.8. The summed E-state index contributed by atoms with van der Waals surface area (Å²) in [7, 11) is 0. The van der Waals surface area contributed by atoms with Gasteiger partial charge in [-0.3, -0.25) is 4.79 Å². The maximum atomic E-state index is 12.3. The van der Waals surface area contributed by atoms with Gasteiger partial charge in [0, 0.05) is 29.1 Å². The third-order valence-electron chi connectivity index (χ3n) is 3.60. The first-order valence-corrected chi connectivity index (χ1v) is 8.43. The van der Waals surface area contributed by atoms with Crippen LogP contribution in [0.5, 0.6) is 0 Å². The number of thiophene rings is 1. The van der Waals surface area contributed by atoms with Crippen molar-refractivity contribution in [3.8, 4) is 0 Å². The third-order valence-corrected chi connectivity index (χ3v) is 4.30. The lowest BCUT2D eigenvalue weighted by Gasteiger charge is -2.13. The van der Waals surface area contributed by atoms with Crippen molar-refractivity contribution in [2.75, 3.05) is 6.61 Å². The number of esters is 1. The van der Waals surface area contributed by atoms with E-state index in [9.17, 15) is 9.59 Å². The van der Waals surface area contributed by atoms with Gasteiger partial charge in [-0.05, 0) is 62.2 Å². The largest absolute Gasteiger partial charge is 0.454 e. The number of aryl methyl sites for hydroxylation is 1. The molecule has 0 radical (unpaired) electrons. The Bertz CT molecular complexity index is 724. The van der Waals surface area contributed by atoms with Gasteiger partial charge < -0.3 is 9.30 Å². The topological polar surface area (TPSA) is 48.3 Å². The molecular formula is C18H21NO3S. The van der Waals surface area contributed by atoms with E-state index in [4.69, 9.17) is 4.74 Å². The molecule has 0 aromatic carbocycles. The third kappa shape index (κ3) is 4.20. The number of aromatic nitrogens is 1. The van der Waals surface area contributed by atoms with Crippen LogP contribution >= 0.6 is 11.3 Å². The van der Waals surface area contributed by atoms with Crippen LogP contribution in [0.3, 0.4) is 0 Å². The molecule has 0 N–H and O–H groups in total. The number of nitrogens with zero attached hydrogens (tertiary/aromatic N) is 1. The minimum atomic E-state index is -0.512. The average molecular weight is 331 g/mol. The fourth-order valence-corrected chi connectivity index (χ4v) is 3.28. The van der Waals surface area contributed by atoms with Gasteiger partial charge in [0.2, 0.25) is 5.78 Å². The molecule has 122 valence electrons. The van der Waals surface area contributed by atoms with Gasteiger partial charge in [0.25, 0.3) is 0 Å². The van der Waals surface area contributed by atoms with Gasteiger partial charge in [-0.1, -0.05) is 0 Å². The highest BCUT2D eigenvalue weighted by Gasteiger charge is 2.17. The number of hydrogen-bond donors (Lipinski definition) is 0. The van der Waals surface area contributed by atoms with Gasteiger partial charge in [0.15, 0.2) is 6.61 Å². The van der Waals surface area contributed by atoms with Crippen LogP contribution in [0.15, 0.2) is 29.0 Å². The first-order valence-electron chi connectivity index (χ1n) is 7.48. The zero-order chi connectivity index (χ0) is 17.0. The highest BCUT2D eigenvalue weighted by molar-refractivity contribution is 7.08. The standard InChI is InChI=1S/C18H21NO3S/c1-12(2)19-13(3)9-16(14(19)4)17(20)10-22-18(21)6-5-15-7-8-23-11-15/h5-9,11-12H,10H2,1-4H3/b6-5+. The second-order valence-electron chi connectivity index (χ2n) is 5.67. The molecule has 5 heteroatoms. The Morgan fingerprint density at radius 2 is 2.09 bits per heavy atom.